The van der Waals surface area contributed by atoms with Crippen LogP contribution < -0.4 is 10.0 Å². The number of nitrogens with one attached hydrogen (secondary N) is 2. The summed E-state index contributed by atoms with van der Waals surface area (Å²) in [7, 11) is -3.32. The number of carbonyl (C=O) groups is 1. The van der Waals surface area contributed by atoms with Crippen LogP contribution in [0.15, 0.2) is 18.2 Å². The Morgan fingerprint density at radius 2 is 1.90 bits per heavy atom. The van der Waals surface area contributed by atoms with Crippen LogP contribution in [0.5, 0.6) is 0 Å². The van der Waals surface area contributed by atoms with Crippen LogP contribution in [0.2, 0.25) is 0 Å². The lowest BCUT2D eigenvalue weighted by molar-refractivity contribution is -0.125. The molecule has 0 bridgehead atoms. The molecule has 0 atom stereocenters. The van der Waals surface area contributed by atoms with Crippen molar-refractivity contribution in [3.63, 3.8) is 0 Å². The Labute approximate surface area is 125 Å². The molecule has 0 saturated heterocycles. The minimum absolute atomic E-state index is 0.0358. The van der Waals surface area contributed by atoms with Crippen molar-refractivity contribution in [1.29, 1.82) is 0 Å². The number of carbonyl (C=O) groups excluding carboxylic acids is 1. The van der Waals surface area contributed by atoms with Crippen molar-refractivity contribution in [2.75, 3.05) is 22.9 Å². The Bertz CT molecular complexity index is 618. The second kappa shape index (κ2) is 6.44. The van der Waals surface area contributed by atoms with Crippen molar-refractivity contribution in [3.05, 3.63) is 23.8 Å². The van der Waals surface area contributed by atoms with Gasteiger partial charge in [0.05, 0.1) is 17.5 Å². The van der Waals surface area contributed by atoms with E-state index in [9.17, 15) is 13.2 Å². The minimum atomic E-state index is -3.32. The Balaban J connectivity index is 2.70. The summed E-state index contributed by atoms with van der Waals surface area (Å²) in [6, 6.07) is 4.94. The molecule has 0 spiro atoms. The summed E-state index contributed by atoms with van der Waals surface area (Å²) in [5, 5.41) is 2.70. The first-order valence-electron chi connectivity index (χ1n) is 6.48. The van der Waals surface area contributed by atoms with E-state index in [-0.39, 0.29) is 18.1 Å². The third-order valence-corrected chi connectivity index (χ3v) is 3.03. The summed E-state index contributed by atoms with van der Waals surface area (Å²) in [5.74, 6) is -0.256. The van der Waals surface area contributed by atoms with Crippen molar-refractivity contribution in [3.8, 4) is 0 Å². The zero-order valence-corrected chi connectivity index (χ0v) is 13.8. The van der Waals surface area contributed by atoms with Crippen molar-refractivity contribution in [1.82, 2.24) is 0 Å². The first kappa shape index (κ1) is 17.5. The van der Waals surface area contributed by atoms with Gasteiger partial charge in [0.1, 0.15) is 6.61 Å². The molecule has 21 heavy (non-hydrogen) atoms. The molecule has 0 aliphatic carbocycles. The second-order valence-corrected chi connectivity index (χ2v) is 7.60. The van der Waals surface area contributed by atoms with Crippen LogP contribution in [0, 0.1) is 6.92 Å². The lowest BCUT2D eigenvalue weighted by Crippen LogP contribution is -2.27. The van der Waals surface area contributed by atoms with Gasteiger partial charge in [-0.3, -0.25) is 9.52 Å². The maximum Gasteiger partial charge on any atom is 0.250 e. The van der Waals surface area contributed by atoms with Crippen LogP contribution in [0.1, 0.15) is 26.3 Å². The fourth-order valence-corrected chi connectivity index (χ4v) is 2.16. The minimum Gasteiger partial charge on any atom is -0.366 e. The molecule has 1 rings (SSSR count). The van der Waals surface area contributed by atoms with Crippen LogP contribution in [-0.2, 0) is 19.6 Å². The van der Waals surface area contributed by atoms with Gasteiger partial charge in [-0.25, -0.2) is 8.42 Å². The van der Waals surface area contributed by atoms with Gasteiger partial charge in [-0.15, -0.1) is 0 Å². The summed E-state index contributed by atoms with van der Waals surface area (Å²) in [4.78, 5) is 11.7. The molecule has 0 saturated carbocycles. The molecule has 0 radical (unpaired) electrons. The smallest absolute Gasteiger partial charge is 0.250 e. The molecule has 7 heteroatoms. The van der Waals surface area contributed by atoms with Gasteiger partial charge in [-0.1, -0.05) is 0 Å². The first-order chi connectivity index (χ1) is 9.46. The lowest BCUT2D eigenvalue weighted by Gasteiger charge is -2.19. The number of sulfonamides is 1. The van der Waals surface area contributed by atoms with Crippen LogP contribution in [0.25, 0.3) is 0 Å². The molecule has 6 nitrogen and oxygen atoms in total. The Morgan fingerprint density at radius 1 is 1.29 bits per heavy atom. The molecule has 2 N–H and O–H groups in total. The van der Waals surface area contributed by atoms with E-state index in [1.54, 1.807) is 25.1 Å². The van der Waals surface area contributed by atoms with Gasteiger partial charge in [0.15, 0.2) is 0 Å². The van der Waals surface area contributed by atoms with Crippen molar-refractivity contribution in [2.45, 2.75) is 33.3 Å². The quantitative estimate of drug-likeness (QED) is 0.872. The Kier molecular flexibility index (Phi) is 5.36. The highest BCUT2D eigenvalue weighted by atomic mass is 32.2. The summed E-state index contributed by atoms with van der Waals surface area (Å²) < 4.78 is 30.2. The second-order valence-electron chi connectivity index (χ2n) is 5.85. The molecular weight excluding hydrogens is 292 g/mol. The van der Waals surface area contributed by atoms with E-state index in [0.717, 1.165) is 11.8 Å². The summed E-state index contributed by atoms with van der Waals surface area (Å²) >= 11 is 0. The number of benzene rings is 1. The maximum atomic E-state index is 11.7. The number of rotatable bonds is 5. The summed E-state index contributed by atoms with van der Waals surface area (Å²) in [6.07, 6.45) is 1.09. The number of anilines is 2. The van der Waals surface area contributed by atoms with Gasteiger partial charge < -0.3 is 10.1 Å². The highest BCUT2D eigenvalue weighted by molar-refractivity contribution is 7.92. The van der Waals surface area contributed by atoms with E-state index in [0.29, 0.717) is 11.4 Å². The van der Waals surface area contributed by atoms with Crippen molar-refractivity contribution >= 4 is 27.3 Å². The SMILES string of the molecule is Cc1cc(NC(=O)COC(C)(C)C)ccc1NS(C)(=O)=O. The lowest BCUT2D eigenvalue weighted by atomic mass is 10.2. The third-order valence-electron chi connectivity index (χ3n) is 2.44. The molecule has 1 aromatic rings. The average Bonchev–Trinajstić information content (AvgIpc) is 2.28. The molecule has 0 unspecified atom stereocenters. The summed E-state index contributed by atoms with van der Waals surface area (Å²) in [6.45, 7) is 7.34. The van der Waals surface area contributed by atoms with E-state index in [4.69, 9.17) is 4.74 Å². The maximum absolute atomic E-state index is 11.7. The number of hydrogen-bond acceptors (Lipinski definition) is 4. The van der Waals surface area contributed by atoms with Crippen LogP contribution >= 0.6 is 0 Å². The van der Waals surface area contributed by atoms with Crippen LogP contribution in [0.4, 0.5) is 11.4 Å². The monoisotopic (exact) mass is 314 g/mol. The summed E-state index contributed by atoms with van der Waals surface area (Å²) in [5.41, 5.74) is 1.42. The largest absolute Gasteiger partial charge is 0.366 e. The van der Waals surface area contributed by atoms with E-state index < -0.39 is 10.0 Å². The van der Waals surface area contributed by atoms with Gasteiger partial charge in [-0.05, 0) is 51.5 Å². The molecule has 118 valence electrons. The Hall–Kier alpha value is -1.60. The molecule has 0 aliphatic heterocycles. The van der Waals surface area contributed by atoms with Gasteiger partial charge >= 0.3 is 0 Å². The van der Waals surface area contributed by atoms with Gasteiger partial charge in [0.25, 0.3) is 0 Å². The molecule has 1 aromatic carbocycles. The topological polar surface area (TPSA) is 84.5 Å². The third kappa shape index (κ3) is 7.10. The van der Waals surface area contributed by atoms with E-state index in [1.165, 1.54) is 0 Å². The number of ether oxygens (including phenoxy) is 1. The molecule has 0 fully saturated rings. The standard InChI is InChI=1S/C14H22N2O4S/c1-10-8-11(6-7-12(10)16-21(5,18)19)15-13(17)9-20-14(2,3)4/h6-8,16H,9H2,1-5H3,(H,15,17). The molecule has 0 aliphatic rings. The average molecular weight is 314 g/mol. The zero-order chi connectivity index (χ0) is 16.3. The van der Waals surface area contributed by atoms with Crippen molar-refractivity contribution in [2.24, 2.45) is 0 Å². The van der Waals surface area contributed by atoms with E-state index >= 15 is 0 Å². The predicted octanol–water partition coefficient (Wildman–Crippen LogP) is 2.12. The normalized spacial score (nSPS) is 12.0. The molecule has 1 amide bonds. The molecular formula is C14H22N2O4S. The van der Waals surface area contributed by atoms with E-state index in [2.05, 4.69) is 10.0 Å². The molecule has 0 heterocycles. The predicted molar refractivity (Wildman–Crippen MR) is 84.0 cm³/mol. The van der Waals surface area contributed by atoms with Crippen LogP contribution in [0.3, 0.4) is 0 Å². The zero-order valence-electron chi connectivity index (χ0n) is 13.0. The number of aryl methyl sites for hydroxylation is 1. The highest BCUT2D eigenvalue weighted by Gasteiger charge is 2.13. The fourth-order valence-electron chi connectivity index (χ4n) is 1.53. The number of hydrogen-bond donors (Lipinski definition) is 2. The Morgan fingerprint density at radius 3 is 2.38 bits per heavy atom. The molecule has 0 aromatic heterocycles. The van der Waals surface area contributed by atoms with Gasteiger partial charge in [-0.2, -0.15) is 0 Å². The first-order valence-corrected chi connectivity index (χ1v) is 8.38. The highest BCUT2D eigenvalue weighted by Crippen LogP contribution is 2.20. The van der Waals surface area contributed by atoms with Gasteiger partial charge in [0, 0.05) is 5.69 Å². The fraction of sp³-hybridized carbons (Fsp3) is 0.500. The van der Waals surface area contributed by atoms with Crippen LogP contribution in [-0.4, -0.2) is 32.8 Å². The van der Waals surface area contributed by atoms with Crippen molar-refractivity contribution < 1.29 is 17.9 Å². The van der Waals surface area contributed by atoms with E-state index in [1.807, 2.05) is 20.8 Å². The number of amides is 1. The van der Waals surface area contributed by atoms with Gasteiger partial charge in [0.2, 0.25) is 15.9 Å².